The highest BCUT2D eigenvalue weighted by Crippen LogP contribution is 2.28. The van der Waals surface area contributed by atoms with Crippen LogP contribution >= 0.6 is 15.9 Å². The van der Waals surface area contributed by atoms with Gasteiger partial charge >= 0.3 is 12.7 Å². The largest absolute Gasteiger partial charge is 0.444 e. The van der Waals surface area contributed by atoms with E-state index in [1.807, 2.05) is 20.8 Å². The molecule has 2 rings (SSSR count). The zero-order valence-electron chi connectivity index (χ0n) is 15.2. The van der Waals surface area contributed by atoms with Crippen molar-refractivity contribution in [2.45, 2.75) is 58.4 Å². The summed E-state index contributed by atoms with van der Waals surface area (Å²) in [5.41, 5.74) is 0.462. The summed E-state index contributed by atoms with van der Waals surface area (Å²) in [5.74, 6) is 0.117. The van der Waals surface area contributed by atoms with Crippen LogP contribution < -0.4 is 10.1 Å². The molecule has 0 unspecified atom stereocenters. The van der Waals surface area contributed by atoms with E-state index in [9.17, 15) is 13.6 Å². The van der Waals surface area contributed by atoms with E-state index < -0.39 is 18.3 Å². The molecule has 1 atom stereocenters. The minimum Gasteiger partial charge on any atom is -0.444 e. The number of alkyl carbamates (subject to hydrolysis) is 1. The molecule has 146 valence electrons. The molecule has 1 heterocycles. The molecule has 1 aliphatic heterocycles. The fraction of sp³-hybridized carbons (Fsp3) is 0.611. The quantitative estimate of drug-likeness (QED) is 0.738. The summed E-state index contributed by atoms with van der Waals surface area (Å²) in [6.07, 6.45) is 1.47. The summed E-state index contributed by atoms with van der Waals surface area (Å²) in [5, 5.41) is 2.92. The third-order valence-corrected chi connectivity index (χ3v) is 4.46. The zero-order chi connectivity index (χ0) is 19.3. The fourth-order valence-corrected chi connectivity index (χ4v) is 3.40. The van der Waals surface area contributed by atoms with Gasteiger partial charge in [-0.15, -0.1) is 0 Å². The van der Waals surface area contributed by atoms with Crippen LogP contribution in [-0.4, -0.2) is 42.3 Å². The first-order valence-corrected chi connectivity index (χ1v) is 9.37. The molecule has 1 aromatic carbocycles. The summed E-state index contributed by atoms with van der Waals surface area (Å²) in [6.45, 7) is 4.95. The van der Waals surface area contributed by atoms with Gasteiger partial charge in [0, 0.05) is 19.1 Å². The number of rotatable bonds is 5. The van der Waals surface area contributed by atoms with Crippen molar-refractivity contribution in [3.8, 4) is 5.75 Å². The normalized spacial score (nSPS) is 18.7. The lowest BCUT2D eigenvalue weighted by Gasteiger charge is -2.33. The Kier molecular flexibility index (Phi) is 7.23. The third-order valence-electron chi connectivity index (χ3n) is 3.84. The standard InChI is InChI=1S/C18H25BrF2N2O3/c1-18(2,3)26-17(24)22-13-5-4-8-23(11-13)10-12-6-7-15(14(19)9-12)25-16(20)21/h6-7,9,13,16H,4-5,8,10-11H2,1-3H3,(H,22,24)/t13-/m0/s1. The van der Waals surface area contributed by atoms with Crippen molar-refractivity contribution in [3.63, 3.8) is 0 Å². The van der Waals surface area contributed by atoms with Crippen molar-refractivity contribution in [2.75, 3.05) is 13.1 Å². The van der Waals surface area contributed by atoms with Gasteiger partial charge in [-0.1, -0.05) is 6.07 Å². The van der Waals surface area contributed by atoms with Crippen LogP contribution in [0, 0.1) is 0 Å². The van der Waals surface area contributed by atoms with Crippen molar-refractivity contribution in [3.05, 3.63) is 28.2 Å². The lowest BCUT2D eigenvalue weighted by Crippen LogP contribution is -2.48. The Morgan fingerprint density at radius 3 is 2.77 bits per heavy atom. The Balaban J connectivity index is 1.89. The monoisotopic (exact) mass is 434 g/mol. The maximum atomic E-state index is 12.3. The molecular weight excluding hydrogens is 410 g/mol. The number of nitrogens with zero attached hydrogens (tertiary/aromatic N) is 1. The molecule has 1 saturated heterocycles. The Hall–Kier alpha value is -1.41. The molecule has 0 bridgehead atoms. The molecule has 5 nitrogen and oxygen atoms in total. The van der Waals surface area contributed by atoms with Gasteiger partial charge in [0.25, 0.3) is 0 Å². The van der Waals surface area contributed by atoms with E-state index in [0.717, 1.165) is 24.9 Å². The second-order valence-electron chi connectivity index (χ2n) is 7.36. The molecule has 1 N–H and O–H groups in total. The van der Waals surface area contributed by atoms with Gasteiger partial charge in [0.2, 0.25) is 0 Å². The van der Waals surface area contributed by atoms with Crippen LogP contribution in [0.4, 0.5) is 13.6 Å². The van der Waals surface area contributed by atoms with Crippen molar-refractivity contribution >= 4 is 22.0 Å². The maximum absolute atomic E-state index is 12.3. The van der Waals surface area contributed by atoms with Gasteiger partial charge in [-0.2, -0.15) is 8.78 Å². The van der Waals surface area contributed by atoms with E-state index in [4.69, 9.17) is 4.74 Å². The highest BCUT2D eigenvalue weighted by molar-refractivity contribution is 9.10. The maximum Gasteiger partial charge on any atom is 0.407 e. The predicted octanol–water partition coefficient (Wildman–Crippen LogP) is 4.54. The topological polar surface area (TPSA) is 50.8 Å². The fourth-order valence-electron chi connectivity index (χ4n) is 2.88. The number of carbonyl (C=O) groups is 1. The molecule has 1 aromatic rings. The molecule has 1 aliphatic rings. The lowest BCUT2D eigenvalue weighted by molar-refractivity contribution is -0.0503. The first-order valence-electron chi connectivity index (χ1n) is 8.57. The number of hydrogen-bond donors (Lipinski definition) is 1. The van der Waals surface area contributed by atoms with Gasteiger partial charge in [-0.25, -0.2) is 4.79 Å². The van der Waals surface area contributed by atoms with Crippen molar-refractivity contribution in [1.82, 2.24) is 10.2 Å². The number of hydrogen-bond acceptors (Lipinski definition) is 4. The van der Waals surface area contributed by atoms with Gasteiger partial charge in [0.05, 0.1) is 4.47 Å². The number of benzene rings is 1. The molecule has 0 spiro atoms. The number of nitrogens with one attached hydrogen (secondary N) is 1. The Bertz CT molecular complexity index is 623. The molecule has 0 aromatic heterocycles. The van der Waals surface area contributed by atoms with Gasteiger partial charge in [-0.3, -0.25) is 4.90 Å². The molecular formula is C18H25BrF2N2O3. The highest BCUT2D eigenvalue weighted by atomic mass is 79.9. The Morgan fingerprint density at radius 2 is 2.15 bits per heavy atom. The molecule has 0 saturated carbocycles. The predicted molar refractivity (Wildman–Crippen MR) is 98.4 cm³/mol. The molecule has 1 amide bonds. The number of carbonyl (C=O) groups excluding carboxylic acids is 1. The third kappa shape index (κ3) is 7.07. The summed E-state index contributed by atoms with van der Waals surface area (Å²) in [6, 6.07) is 5.12. The van der Waals surface area contributed by atoms with Crippen LogP contribution in [0.1, 0.15) is 39.2 Å². The van der Waals surface area contributed by atoms with Gasteiger partial charge in [0.15, 0.2) is 0 Å². The van der Waals surface area contributed by atoms with E-state index in [0.29, 0.717) is 17.6 Å². The Labute approximate surface area is 161 Å². The number of likely N-dealkylation sites (tertiary alicyclic amines) is 1. The SMILES string of the molecule is CC(C)(C)OC(=O)N[C@H]1CCCN(Cc2ccc(OC(F)F)c(Br)c2)C1. The summed E-state index contributed by atoms with van der Waals surface area (Å²) >= 11 is 3.26. The summed E-state index contributed by atoms with van der Waals surface area (Å²) in [7, 11) is 0. The van der Waals surface area contributed by atoms with E-state index in [1.165, 1.54) is 6.07 Å². The van der Waals surface area contributed by atoms with Crippen molar-refractivity contribution in [2.24, 2.45) is 0 Å². The van der Waals surface area contributed by atoms with Crippen LogP contribution in [0.25, 0.3) is 0 Å². The first kappa shape index (κ1) is 20.9. The molecule has 1 fully saturated rings. The minimum atomic E-state index is -2.85. The van der Waals surface area contributed by atoms with Gasteiger partial charge < -0.3 is 14.8 Å². The molecule has 0 aliphatic carbocycles. The Morgan fingerprint density at radius 1 is 1.42 bits per heavy atom. The van der Waals surface area contributed by atoms with Crippen LogP contribution in [-0.2, 0) is 11.3 Å². The lowest BCUT2D eigenvalue weighted by atomic mass is 10.0. The van der Waals surface area contributed by atoms with Crippen LogP contribution in [0.3, 0.4) is 0 Å². The summed E-state index contributed by atoms with van der Waals surface area (Å²) in [4.78, 5) is 14.2. The van der Waals surface area contributed by atoms with Crippen LogP contribution in [0.15, 0.2) is 22.7 Å². The smallest absolute Gasteiger partial charge is 0.407 e. The van der Waals surface area contributed by atoms with Crippen LogP contribution in [0.2, 0.25) is 0 Å². The number of piperidine rings is 1. The van der Waals surface area contributed by atoms with E-state index >= 15 is 0 Å². The first-order chi connectivity index (χ1) is 12.1. The number of ether oxygens (including phenoxy) is 2. The average molecular weight is 435 g/mol. The highest BCUT2D eigenvalue weighted by Gasteiger charge is 2.24. The van der Waals surface area contributed by atoms with Crippen molar-refractivity contribution in [1.29, 1.82) is 0 Å². The molecule has 0 radical (unpaired) electrons. The molecule has 26 heavy (non-hydrogen) atoms. The summed E-state index contributed by atoms with van der Waals surface area (Å²) < 4.78 is 34.9. The van der Waals surface area contributed by atoms with Gasteiger partial charge in [0.1, 0.15) is 11.4 Å². The second kappa shape index (κ2) is 8.99. The van der Waals surface area contributed by atoms with Crippen molar-refractivity contribution < 1.29 is 23.0 Å². The van der Waals surface area contributed by atoms with E-state index in [-0.39, 0.29) is 11.8 Å². The molecule has 8 heteroatoms. The van der Waals surface area contributed by atoms with E-state index in [1.54, 1.807) is 12.1 Å². The average Bonchev–Trinajstić information content (AvgIpc) is 2.48. The number of alkyl halides is 2. The minimum absolute atomic E-state index is 0.0310. The van der Waals surface area contributed by atoms with Gasteiger partial charge in [-0.05, 0) is 73.8 Å². The number of amides is 1. The zero-order valence-corrected chi connectivity index (χ0v) is 16.8. The number of halogens is 3. The second-order valence-corrected chi connectivity index (χ2v) is 8.22. The van der Waals surface area contributed by atoms with Crippen LogP contribution in [0.5, 0.6) is 5.75 Å². The van der Waals surface area contributed by atoms with E-state index in [2.05, 4.69) is 30.9 Å².